The van der Waals surface area contributed by atoms with Crippen LogP contribution in [0, 0.1) is 0 Å². The fourth-order valence-electron chi connectivity index (χ4n) is 1.81. The summed E-state index contributed by atoms with van der Waals surface area (Å²) < 4.78 is 15.7. The van der Waals surface area contributed by atoms with Gasteiger partial charge in [-0.25, -0.2) is 0 Å². The minimum absolute atomic E-state index is 0.301. The van der Waals surface area contributed by atoms with Gasteiger partial charge in [-0.3, -0.25) is 9.78 Å². The van der Waals surface area contributed by atoms with Crippen LogP contribution in [0.5, 0.6) is 17.2 Å². The number of hydrogen-bond acceptors (Lipinski definition) is 5. The van der Waals surface area contributed by atoms with Gasteiger partial charge in [-0.2, -0.15) is 0 Å². The number of hydrogen-bond donors (Lipinski definition) is 1. The maximum atomic E-state index is 12.2. The molecule has 1 heterocycles. The number of methoxy groups -OCH3 is 3. The van der Waals surface area contributed by atoms with Crippen LogP contribution in [-0.2, 0) is 0 Å². The Morgan fingerprint density at radius 3 is 2.24 bits per heavy atom. The molecule has 21 heavy (non-hydrogen) atoms. The van der Waals surface area contributed by atoms with Gasteiger partial charge in [-0.05, 0) is 12.1 Å². The molecule has 0 radical (unpaired) electrons. The molecule has 0 unspecified atom stereocenters. The number of nitrogens with one attached hydrogen (secondary N) is 1. The van der Waals surface area contributed by atoms with E-state index in [0.717, 1.165) is 0 Å². The number of amides is 1. The van der Waals surface area contributed by atoms with Crippen LogP contribution in [0.25, 0.3) is 0 Å². The average Bonchev–Trinajstić information content (AvgIpc) is 2.55. The van der Waals surface area contributed by atoms with E-state index in [1.165, 1.54) is 20.4 Å². The van der Waals surface area contributed by atoms with Crippen LogP contribution >= 0.6 is 0 Å². The van der Waals surface area contributed by atoms with Crippen LogP contribution in [0.2, 0.25) is 0 Å². The second-order valence-corrected chi connectivity index (χ2v) is 4.10. The highest BCUT2D eigenvalue weighted by atomic mass is 16.5. The van der Waals surface area contributed by atoms with Crippen molar-refractivity contribution in [2.24, 2.45) is 0 Å². The molecule has 0 saturated carbocycles. The van der Waals surface area contributed by atoms with E-state index in [1.54, 1.807) is 37.6 Å². The predicted molar refractivity (Wildman–Crippen MR) is 78.3 cm³/mol. The van der Waals surface area contributed by atoms with Gasteiger partial charge in [0.15, 0.2) is 0 Å². The van der Waals surface area contributed by atoms with Gasteiger partial charge in [0.1, 0.15) is 22.9 Å². The van der Waals surface area contributed by atoms with Crippen molar-refractivity contribution in [2.45, 2.75) is 0 Å². The van der Waals surface area contributed by atoms with Crippen molar-refractivity contribution in [3.05, 3.63) is 42.2 Å². The summed E-state index contributed by atoms with van der Waals surface area (Å²) in [5, 5.41) is 2.76. The van der Waals surface area contributed by atoms with Crippen LogP contribution in [0.1, 0.15) is 10.4 Å². The summed E-state index contributed by atoms with van der Waals surface area (Å²) in [4.78, 5) is 16.1. The van der Waals surface area contributed by atoms with E-state index in [-0.39, 0.29) is 5.91 Å². The number of rotatable bonds is 5. The lowest BCUT2D eigenvalue weighted by molar-refractivity contribution is 0.102. The molecule has 110 valence electrons. The number of benzene rings is 1. The number of aromatic nitrogens is 1. The Morgan fingerprint density at radius 2 is 1.76 bits per heavy atom. The molecular weight excluding hydrogens is 272 g/mol. The fraction of sp³-hybridized carbons (Fsp3) is 0.200. The van der Waals surface area contributed by atoms with Crippen molar-refractivity contribution in [1.29, 1.82) is 0 Å². The van der Waals surface area contributed by atoms with E-state index in [4.69, 9.17) is 14.2 Å². The van der Waals surface area contributed by atoms with Crippen molar-refractivity contribution >= 4 is 11.6 Å². The largest absolute Gasteiger partial charge is 0.496 e. The number of carbonyl (C=O) groups is 1. The third-order valence-corrected chi connectivity index (χ3v) is 2.88. The molecule has 1 amide bonds. The smallest absolute Gasteiger partial charge is 0.257 e. The van der Waals surface area contributed by atoms with Crippen LogP contribution in [0.4, 0.5) is 5.69 Å². The molecular formula is C15H16N2O4. The SMILES string of the molecule is COc1cc(OC)c(NC(=O)c2cccnc2)c(OC)c1. The highest BCUT2D eigenvalue weighted by molar-refractivity contribution is 6.05. The summed E-state index contributed by atoms with van der Waals surface area (Å²) in [5.74, 6) is 1.17. The number of nitrogens with zero attached hydrogens (tertiary/aromatic N) is 1. The number of anilines is 1. The maximum Gasteiger partial charge on any atom is 0.257 e. The van der Waals surface area contributed by atoms with Gasteiger partial charge in [0.2, 0.25) is 0 Å². The predicted octanol–water partition coefficient (Wildman–Crippen LogP) is 2.36. The first-order valence-electron chi connectivity index (χ1n) is 6.21. The Kier molecular flexibility index (Phi) is 4.61. The third kappa shape index (κ3) is 3.22. The van der Waals surface area contributed by atoms with Crippen LogP contribution < -0.4 is 19.5 Å². The molecule has 2 aromatic rings. The number of carbonyl (C=O) groups excluding carboxylic acids is 1. The van der Waals surface area contributed by atoms with Crippen molar-refractivity contribution in [3.8, 4) is 17.2 Å². The molecule has 1 N–H and O–H groups in total. The normalized spacial score (nSPS) is 9.86. The summed E-state index contributed by atoms with van der Waals surface area (Å²) in [6.07, 6.45) is 3.09. The van der Waals surface area contributed by atoms with Crippen LogP contribution in [-0.4, -0.2) is 32.2 Å². The number of ether oxygens (including phenoxy) is 3. The Balaban J connectivity index is 2.36. The summed E-state index contributed by atoms with van der Waals surface area (Å²) in [7, 11) is 4.56. The van der Waals surface area contributed by atoms with Gasteiger partial charge in [0.25, 0.3) is 5.91 Å². The molecule has 0 fully saturated rings. The van der Waals surface area contributed by atoms with Gasteiger partial charge in [-0.1, -0.05) is 0 Å². The topological polar surface area (TPSA) is 69.7 Å². The van der Waals surface area contributed by atoms with Gasteiger partial charge in [-0.15, -0.1) is 0 Å². The van der Waals surface area contributed by atoms with E-state index >= 15 is 0 Å². The van der Waals surface area contributed by atoms with E-state index in [1.807, 2.05) is 0 Å². The molecule has 6 nitrogen and oxygen atoms in total. The lowest BCUT2D eigenvalue weighted by atomic mass is 10.2. The van der Waals surface area contributed by atoms with Gasteiger partial charge < -0.3 is 19.5 Å². The lowest BCUT2D eigenvalue weighted by Crippen LogP contribution is -2.13. The second-order valence-electron chi connectivity index (χ2n) is 4.10. The summed E-state index contributed by atoms with van der Waals surface area (Å²) in [6.45, 7) is 0. The van der Waals surface area contributed by atoms with Crippen molar-refractivity contribution in [2.75, 3.05) is 26.6 Å². The first kappa shape index (κ1) is 14.6. The van der Waals surface area contributed by atoms with Gasteiger partial charge in [0.05, 0.1) is 26.9 Å². The Hall–Kier alpha value is -2.76. The zero-order chi connectivity index (χ0) is 15.2. The Morgan fingerprint density at radius 1 is 1.10 bits per heavy atom. The zero-order valence-corrected chi connectivity index (χ0v) is 12.0. The third-order valence-electron chi connectivity index (χ3n) is 2.88. The van der Waals surface area contributed by atoms with Crippen LogP contribution in [0.15, 0.2) is 36.7 Å². The molecule has 0 spiro atoms. The Labute approximate surface area is 122 Å². The Bertz CT molecular complexity index is 604. The molecule has 1 aromatic carbocycles. The fourth-order valence-corrected chi connectivity index (χ4v) is 1.81. The van der Waals surface area contributed by atoms with E-state index < -0.39 is 0 Å². The quantitative estimate of drug-likeness (QED) is 0.914. The first-order valence-corrected chi connectivity index (χ1v) is 6.21. The molecule has 6 heteroatoms. The molecule has 0 bridgehead atoms. The molecule has 2 rings (SSSR count). The standard InChI is InChI=1S/C15H16N2O4/c1-19-11-7-12(20-2)14(13(8-11)21-3)17-15(18)10-5-4-6-16-9-10/h4-9H,1-3H3,(H,17,18). The first-order chi connectivity index (χ1) is 10.2. The molecule has 0 saturated heterocycles. The maximum absolute atomic E-state index is 12.2. The summed E-state index contributed by atoms with van der Waals surface area (Å²) >= 11 is 0. The summed E-state index contributed by atoms with van der Waals surface area (Å²) in [6, 6.07) is 6.70. The zero-order valence-electron chi connectivity index (χ0n) is 12.0. The highest BCUT2D eigenvalue weighted by Crippen LogP contribution is 2.39. The van der Waals surface area contributed by atoms with Crippen molar-refractivity contribution < 1.29 is 19.0 Å². The minimum atomic E-state index is -0.301. The molecule has 1 aromatic heterocycles. The van der Waals surface area contributed by atoms with Crippen molar-refractivity contribution in [1.82, 2.24) is 4.98 Å². The second kappa shape index (κ2) is 6.60. The minimum Gasteiger partial charge on any atom is -0.496 e. The highest BCUT2D eigenvalue weighted by Gasteiger charge is 2.16. The molecule has 0 atom stereocenters. The lowest BCUT2D eigenvalue weighted by Gasteiger charge is -2.15. The van der Waals surface area contributed by atoms with Gasteiger partial charge in [0, 0.05) is 24.5 Å². The molecule has 0 aliphatic heterocycles. The molecule has 0 aliphatic rings. The number of pyridine rings is 1. The van der Waals surface area contributed by atoms with Crippen LogP contribution in [0.3, 0.4) is 0 Å². The monoisotopic (exact) mass is 288 g/mol. The summed E-state index contributed by atoms with van der Waals surface area (Å²) in [5.41, 5.74) is 0.882. The average molecular weight is 288 g/mol. The van der Waals surface area contributed by atoms with Crippen molar-refractivity contribution in [3.63, 3.8) is 0 Å². The van der Waals surface area contributed by atoms with Gasteiger partial charge >= 0.3 is 0 Å². The van der Waals surface area contributed by atoms with E-state index in [2.05, 4.69) is 10.3 Å². The molecule has 0 aliphatic carbocycles. The van der Waals surface area contributed by atoms with E-state index in [9.17, 15) is 4.79 Å². The van der Waals surface area contributed by atoms with E-state index in [0.29, 0.717) is 28.5 Å².